The second kappa shape index (κ2) is 17.7. The molecule has 0 heterocycles. The standard InChI is InChI=1S/C24H45N5O10/c1-7-25-21(36)13(6)27-16(32)9-26-22(37)14(8-11(2)3)28-23(38)17(12(4)5)29-24(39)20(35)19(34)18(33)15(31)10-30/h11-15,17-20,30-31,33-35H,7-10H2,1-6H3,(H,25,36)(H,26,37)(H,27,32)(H,28,38)(H,29,39)/t13-,14-,15+,17-,18+,19-,20+/m0/s1. The Hall–Kier alpha value is -2.85. The molecule has 0 saturated carbocycles. The second-order valence-corrected chi connectivity index (χ2v) is 10.00. The highest BCUT2D eigenvalue weighted by Crippen LogP contribution is 2.10. The molecule has 7 atom stereocenters. The van der Waals surface area contributed by atoms with Crippen molar-refractivity contribution in [2.45, 2.75) is 90.5 Å². The van der Waals surface area contributed by atoms with Crippen molar-refractivity contribution in [3.8, 4) is 0 Å². The molecular formula is C24H45N5O10. The summed E-state index contributed by atoms with van der Waals surface area (Å²) in [5.74, 6) is -4.31. The quantitative estimate of drug-likeness (QED) is 0.0818. The maximum absolute atomic E-state index is 13.0. The molecule has 0 aliphatic rings. The zero-order chi connectivity index (χ0) is 30.4. The largest absolute Gasteiger partial charge is 0.394 e. The Morgan fingerprint density at radius 2 is 1.31 bits per heavy atom. The van der Waals surface area contributed by atoms with E-state index in [0.29, 0.717) is 6.54 Å². The van der Waals surface area contributed by atoms with E-state index in [9.17, 15) is 44.4 Å². The van der Waals surface area contributed by atoms with Crippen molar-refractivity contribution in [3.05, 3.63) is 0 Å². The van der Waals surface area contributed by atoms with Crippen molar-refractivity contribution < 1.29 is 49.5 Å². The van der Waals surface area contributed by atoms with Crippen LogP contribution in [0.15, 0.2) is 0 Å². The minimum absolute atomic E-state index is 0.0591. The molecule has 226 valence electrons. The summed E-state index contributed by atoms with van der Waals surface area (Å²) in [6.45, 7) is 8.98. The Labute approximate surface area is 228 Å². The van der Waals surface area contributed by atoms with Crippen LogP contribution in [-0.2, 0) is 24.0 Å². The van der Waals surface area contributed by atoms with E-state index in [1.807, 2.05) is 0 Å². The maximum atomic E-state index is 13.0. The molecule has 0 aromatic carbocycles. The monoisotopic (exact) mass is 563 g/mol. The SMILES string of the molecule is CCNC(=O)[C@H](C)NC(=O)CNC(=O)[C@H](CC(C)C)NC(=O)[C@@H](NC(=O)[C@H](O)[C@@H](O)[C@H](O)[C@H](O)CO)C(C)C. The highest BCUT2D eigenvalue weighted by Gasteiger charge is 2.37. The molecule has 15 heteroatoms. The van der Waals surface area contributed by atoms with Crippen LogP contribution in [-0.4, -0.2) is 117 Å². The van der Waals surface area contributed by atoms with Gasteiger partial charge in [0.15, 0.2) is 6.10 Å². The van der Waals surface area contributed by atoms with Gasteiger partial charge in [-0.3, -0.25) is 24.0 Å². The van der Waals surface area contributed by atoms with Gasteiger partial charge in [0.25, 0.3) is 5.91 Å². The maximum Gasteiger partial charge on any atom is 0.252 e. The van der Waals surface area contributed by atoms with Crippen LogP contribution >= 0.6 is 0 Å². The molecule has 0 spiro atoms. The molecule has 39 heavy (non-hydrogen) atoms. The number of aliphatic hydroxyl groups is 5. The van der Waals surface area contributed by atoms with Crippen molar-refractivity contribution in [3.63, 3.8) is 0 Å². The lowest BCUT2D eigenvalue weighted by molar-refractivity contribution is -0.151. The molecule has 0 aliphatic heterocycles. The van der Waals surface area contributed by atoms with Crippen LogP contribution in [0.3, 0.4) is 0 Å². The summed E-state index contributed by atoms with van der Waals surface area (Å²) in [5.41, 5.74) is 0. The molecule has 0 saturated heterocycles. The molecule has 0 aromatic heterocycles. The number of nitrogens with one attached hydrogen (secondary N) is 5. The van der Waals surface area contributed by atoms with Gasteiger partial charge in [-0.2, -0.15) is 0 Å². The molecular weight excluding hydrogens is 518 g/mol. The highest BCUT2D eigenvalue weighted by atomic mass is 16.4. The summed E-state index contributed by atoms with van der Waals surface area (Å²) in [7, 11) is 0. The first-order valence-electron chi connectivity index (χ1n) is 12.9. The first-order chi connectivity index (χ1) is 18.1. The summed E-state index contributed by atoms with van der Waals surface area (Å²) >= 11 is 0. The third-order valence-corrected chi connectivity index (χ3v) is 5.66. The normalized spacial score (nSPS) is 16.7. The summed E-state index contributed by atoms with van der Waals surface area (Å²) in [5, 5.41) is 60.2. The first-order valence-corrected chi connectivity index (χ1v) is 12.9. The van der Waals surface area contributed by atoms with Crippen LogP contribution in [0.2, 0.25) is 0 Å². The molecule has 0 fully saturated rings. The Morgan fingerprint density at radius 3 is 1.79 bits per heavy atom. The molecule has 5 amide bonds. The lowest BCUT2D eigenvalue weighted by Crippen LogP contribution is -2.59. The number of hydrogen-bond donors (Lipinski definition) is 10. The van der Waals surface area contributed by atoms with Crippen molar-refractivity contribution in [2.75, 3.05) is 19.7 Å². The number of carbonyl (C=O) groups is 5. The number of rotatable bonds is 17. The smallest absolute Gasteiger partial charge is 0.252 e. The van der Waals surface area contributed by atoms with E-state index in [-0.39, 0.29) is 18.2 Å². The molecule has 0 unspecified atom stereocenters. The predicted molar refractivity (Wildman–Crippen MR) is 139 cm³/mol. The van der Waals surface area contributed by atoms with E-state index in [2.05, 4.69) is 26.6 Å². The summed E-state index contributed by atoms with van der Waals surface area (Å²) in [6, 6.07) is -3.19. The van der Waals surface area contributed by atoms with Gasteiger partial charge in [-0.25, -0.2) is 0 Å². The Kier molecular flexibility index (Phi) is 16.4. The van der Waals surface area contributed by atoms with Gasteiger partial charge in [0.1, 0.15) is 36.4 Å². The van der Waals surface area contributed by atoms with Gasteiger partial charge < -0.3 is 52.1 Å². The van der Waals surface area contributed by atoms with Crippen LogP contribution < -0.4 is 26.6 Å². The Bertz CT molecular complexity index is 825. The second-order valence-electron chi connectivity index (χ2n) is 10.00. The van der Waals surface area contributed by atoms with E-state index in [0.717, 1.165) is 0 Å². The zero-order valence-corrected chi connectivity index (χ0v) is 23.3. The third-order valence-electron chi connectivity index (χ3n) is 5.66. The van der Waals surface area contributed by atoms with Crippen LogP contribution in [0.4, 0.5) is 0 Å². The lowest BCUT2D eigenvalue weighted by atomic mass is 9.98. The number of hydrogen-bond acceptors (Lipinski definition) is 10. The van der Waals surface area contributed by atoms with Gasteiger partial charge >= 0.3 is 0 Å². The third kappa shape index (κ3) is 12.7. The predicted octanol–water partition coefficient (Wildman–Crippen LogP) is -4.15. The summed E-state index contributed by atoms with van der Waals surface area (Å²) in [6.07, 6.45) is -8.09. The van der Waals surface area contributed by atoms with Gasteiger partial charge in [-0.15, -0.1) is 0 Å². The fraction of sp³-hybridized carbons (Fsp3) is 0.792. The van der Waals surface area contributed by atoms with Crippen LogP contribution in [0.1, 0.15) is 48.0 Å². The Balaban J connectivity index is 5.33. The van der Waals surface area contributed by atoms with Crippen LogP contribution in [0.5, 0.6) is 0 Å². The molecule has 15 nitrogen and oxygen atoms in total. The van der Waals surface area contributed by atoms with E-state index < -0.39 is 85.2 Å². The topological polar surface area (TPSA) is 247 Å². The molecule has 0 aromatic rings. The zero-order valence-electron chi connectivity index (χ0n) is 23.3. The van der Waals surface area contributed by atoms with Crippen molar-refractivity contribution in [1.82, 2.24) is 26.6 Å². The minimum Gasteiger partial charge on any atom is -0.394 e. The molecule has 0 rings (SSSR count). The number of likely N-dealkylation sites (N-methyl/N-ethyl adjacent to an activating group) is 1. The summed E-state index contributed by atoms with van der Waals surface area (Å²) in [4.78, 5) is 62.2. The first kappa shape index (κ1) is 36.1. The Morgan fingerprint density at radius 1 is 0.718 bits per heavy atom. The van der Waals surface area contributed by atoms with E-state index in [1.54, 1.807) is 34.6 Å². The fourth-order valence-electron chi connectivity index (χ4n) is 3.39. The molecule has 10 N–H and O–H groups in total. The average molecular weight is 564 g/mol. The van der Waals surface area contributed by atoms with Gasteiger partial charge in [-0.1, -0.05) is 27.7 Å². The van der Waals surface area contributed by atoms with Gasteiger partial charge in [-0.05, 0) is 32.1 Å². The molecule has 0 radical (unpaired) electrons. The fourth-order valence-corrected chi connectivity index (χ4v) is 3.39. The van der Waals surface area contributed by atoms with E-state index >= 15 is 0 Å². The highest BCUT2D eigenvalue weighted by molar-refractivity contribution is 5.94. The number of amides is 5. The van der Waals surface area contributed by atoms with Crippen molar-refractivity contribution >= 4 is 29.5 Å². The van der Waals surface area contributed by atoms with E-state index in [1.165, 1.54) is 6.92 Å². The van der Waals surface area contributed by atoms with Crippen LogP contribution in [0.25, 0.3) is 0 Å². The molecule has 0 bridgehead atoms. The lowest BCUT2D eigenvalue weighted by Gasteiger charge is -2.29. The van der Waals surface area contributed by atoms with Crippen molar-refractivity contribution in [1.29, 1.82) is 0 Å². The average Bonchev–Trinajstić information content (AvgIpc) is 2.87. The van der Waals surface area contributed by atoms with Gasteiger partial charge in [0.05, 0.1) is 13.2 Å². The van der Waals surface area contributed by atoms with Crippen LogP contribution in [0, 0.1) is 11.8 Å². The van der Waals surface area contributed by atoms with Crippen molar-refractivity contribution in [2.24, 2.45) is 11.8 Å². The number of carbonyl (C=O) groups excluding carboxylic acids is 5. The minimum atomic E-state index is -2.25. The summed E-state index contributed by atoms with van der Waals surface area (Å²) < 4.78 is 0. The van der Waals surface area contributed by atoms with Gasteiger partial charge in [0.2, 0.25) is 23.6 Å². The molecule has 0 aliphatic carbocycles. The number of aliphatic hydroxyl groups excluding tert-OH is 5. The van der Waals surface area contributed by atoms with E-state index in [4.69, 9.17) is 5.11 Å². The van der Waals surface area contributed by atoms with Gasteiger partial charge in [0, 0.05) is 6.54 Å².